The monoisotopic (exact) mass is 412 g/mol. The van der Waals surface area contributed by atoms with Crippen molar-refractivity contribution in [2.24, 2.45) is 5.92 Å². The number of rotatable bonds is 7. The maximum Gasteiger partial charge on any atom is 0.213 e. The molecule has 0 saturated heterocycles. The van der Waals surface area contributed by atoms with E-state index >= 15 is 0 Å². The quantitative estimate of drug-likeness (QED) is 0.678. The average molecular weight is 413 g/mol. The Kier molecular flexibility index (Phi) is 6.44. The number of aromatic nitrogens is 2. The normalized spacial score (nSPS) is 20.7. The van der Waals surface area contributed by atoms with Crippen molar-refractivity contribution >= 4 is 26.5 Å². The highest BCUT2D eigenvalue weighted by atomic mass is 32.2. The van der Waals surface area contributed by atoms with E-state index in [-0.39, 0.29) is 0 Å². The molecule has 1 aliphatic rings. The minimum Gasteiger partial charge on any atom is -0.359 e. The van der Waals surface area contributed by atoms with Gasteiger partial charge >= 0.3 is 0 Å². The van der Waals surface area contributed by atoms with Crippen LogP contribution in [0.4, 0.5) is 9.52 Å². The molecule has 0 unspecified atom stereocenters. The van der Waals surface area contributed by atoms with Gasteiger partial charge in [-0.3, -0.25) is 0 Å². The minimum atomic E-state index is -3.19. The van der Waals surface area contributed by atoms with E-state index in [0.717, 1.165) is 30.8 Å². The van der Waals surface area contributed by atoms with Gasteiger partial charge in [0.05, 0.1) is 10.9 Å². The first kappa shape index (κ1) is 20.2. The highest BCUT2D eigenvalue weighted by Crippen LogP contribution is 2.29. The molecule has 27 heavy (non-hydrogen) atoms. The lowest BCUT2D eigenvalue weighted by Crippen LogP contribution is -2.37. The van der Waals surface area contributed by atoms with Crippen molar-refractivity contribution in [3.05, 3.63) is 29.5 Å². The van der Waals surface area contributed by atoms with Gasteiger partial charge in [0.2, 0.25) is 16.0 Å². The Morgan fingerprint density at radius 1 is 1.19 bits per heavy atom. The molecule has 0 amide bonds. The highest BCUT2D eigenvalue weighted by molar-refractivity contribution is 7.90. The number of sulfonamides is 1. The summed E-state index contributed by atoms with van der Waals surface area (Å²) in [5, 5.41) is 5.72. The van der Waals surface area contributed by atoms with Crippen molar-refractivity contribution in [1.29, 1.82) is 0 Å². The summed E-state index contributed by atoms with van der Waals surface area (Å²) in [6, 6.07) is 5.00. The number of thiazole rings is 1. The Balaban J connectivity index is 1.49. The zero-order chi connectivity index (χ0) is 19.4. The predicted octanol–water partition coefficient (Wildman–Crippen LogP) is 3.64. The van der Waals surface area contributed by atoms with Gasteiger partial charge in [-0.1, -0.05) is 6.07 Å². The molecule has 2 N–H and O–H groups in total. The van der Waals surface area contributed by atoms with Gasteiger partial charge in [0, 0.05) is 18.0 Å². The summed E-state index contributed by atoms with van der Waals surface area (Å²) in [4.78, 5) is 8.37. The maximum absolute atomic E-state index is 13.3. The van der Waals surface area contributed by atoms with E-state index in [0.29, 0.717) is 29.9 Å². The molecule has 0 spiro atoms. The Hall–Kier alpha value is -1.58. The molecule has 0 aromatic carbocycles. The van der Waals surface area contributed by atoms with Gasteiger partial charge in [-0.05, 0) is 57.6 Å². The summed E-state index contributed by atoms with van der Waals surface area (Å²) < 4.78 is 39.7. The fraction of sp³-hybridized carbons (Fsp3) is 0.556. The van der Waals surface area contributed by atoms with Gasteiger partial charge in [-0.25, -0.2) is 23.1 Å². The molecule has 1 saturated carbocycles. The van der Waals surface area contributed by atoms with E-state index in [9.17, 15) is 12.8 Å². The third kappa shape index (κ3) is 5.46. The Morgan fingerprint density at radius 3 is 2.59 bits per heavy atom. The molecular weight excluding hydrogens is 387 g/mol. The van der Waals surface area contributed by atoms with E-state index in [2.05, 4.69) is 20.0 Å². The lowest BCUT2D eigenvalue weighted by Gasteiger charge is -2.29. The van der Waals surface area contributed by atoms with Gasteiger partial charge in [0.1, 0.15) is 5.69 Å². The second kappa shape index (κ2) is 8.62. The summed E-state index contributed by atoms with van der Waals surface area (Å²) in [5.74, 6) is -0.138. The first-order chi connectivity index (χ1) is 12.8. The standard InChI is InChI=1S/C18H25FN4O2S2/c1-12(2)27(24,25)20-10-13-6-8-14(9-7-13)21-18-23-16(11-26-18)15-4-3-5-17(19)22-15/h3-5,11-14,20H,6-10H2,1-2H3,(H,21,23). The van der Waals surface area contributed by atoms with E-state index in [4.69, 9.17) is 0 Å². The molecule has 148 valence electrons. The molecule has 0 aliphatic heterocycles. The van der Waals surface area contributed by atoms with Gasteiger partial charge < -0.3 is 5.32 Å². The largest absolute Gasteiger partial charge is 0.359 e. The van der Waals surface area contributed by atoms with Crippen molar-refractivity contribution in [1.82, 2.24) is 14.7 Å². The van der Waals surface area contributed by atoms with Gasteiger partial charge in [-0.15, -0.1) is 11.3 Å². The highest BCUT2D eigenvalue weighted by Gasteiger charge is 2.24. The van der Waals surface area contributed by atoms with Crippen molar-refractivity contribution in [3.63, 3.8) is 0 Å². The molecule has 2 heterocycles. The van der Waals surface area contributed by atoms with Gasteiger partial charge in [0.25, 0.3) is 0 Å². The summed E-state index contributed by atoms with van der Waals surface area (Å²) in [6.07, 6.45) is 3.90. The molecule has 2 aromatic rings. The van der Waals surface area contributed by atoms with E-state index in [1.807, 2.05) is 5.38 Å². The molecule has 6 nitrogen and oxygen atoms in total. The van der Waals surface area contributed by atoms with E-state index < -0.39 is 21.2 Å². The Morgan fingerprint density at radius 2 is 1.93 bits per heavy atom. The van der Waals surface area contributed by atoms with Crippen molar-refractivity contribution in [2.75, 3.05) is 11.9 Å². The topological polar surface area (TPSA) is 84.0 Å². The predicted molar refractivity (Wildman–Crippen MR) is 107 cm³/mol. The van der Waals surface area contributed by atoms with E-state index in [1.165, 1.54) is 17.4 Å². The number of pyridine rings is 1. The number of hydrogen-bond donors (Lipinski definition) is 2. The molecule has 0 bridgehead atoms. The van der Waals surface area contributed by atoms with Crippen LogP contribution in [0.15, 0.2) is 23.6 Å². The summed E-state index contributed by atoms with van der Waals surface area (Å²) in [6.45, 7) is 3.88. The lowest BCUT2D eigenvalue weighted by molar-refractivity contribution is 0.337. The van der Waals surface area contributed by atoms with E-state index in [1.54, 1.807) is 26.0 Å². The van der Waals surface area contributed by atoms with Crippen LogP contribution in [0.5, 0.6) is 0 Å². The molecule has 3 rings (SSSR count). The zero-order valence-electron chi connectivity index (χ0n) is 15.5. The van der Waals surface area contributed by atoms with Crippen molar-refractivity contribution in [2.45, 2.75) is 50.8 Å². The number of halogens is 1. The number of nitrogens with one attached hydrogen (secondary N) is 2. The maximum atomic E-state index is 13.3. The summed E-state index contributed by atoms with van der Waals surface area (Å²) >= 11 is 1.49. The van der Waals surface area contributed by atoms with Crippen LogP contribution in [0.3, 0.4) is 0 Å². The first-order valence-electron chi connectivity index (χ1n) is 9.17. The number of anilines is 1. The summed E-state index contributed by atoms with van der Waals surface area (Å²) in [7, 11) is -3.19. The van der Waals surface area contributed by atoms with Crippen LogP contribution in [-0.4, -0.2) is 36.2 Å². The summed E-state index contributed by atoms with van der Waals surface area (Å²) in [5.41, 5.74) is 1.19. The molecule has 9 heteroatoms. The third-order valence-corrected chi connectivity index (χ3v) is 7.43. The number of hydrogen-bond acceptors (Lipinski definition) is 6. The van der Waals surface area contributed by atoms with Gasteiger partial charge in [0.15, 0.2) is 5.13 Å². The molecule has 1 fully saturated rings. The van der Waals surface area contributed by atoms with Crippen molar-refractivity contribution < 1.29 is 12.8 Å². The minimum absolute atomic E-state index is 0.322. The fourth-order valence-corrected chi connectivity index (χ4v) is 4.68. The third-order valence-electron chi connectivity index (χ3n) is 4.85. The van der Waals surface area contributed by atoms with Crippen LogP contribution in [0.1, 0.15) is 39.5 Å². The lowest BCUT2D eigenvalue weighted by atomic mass is 9.86. The van der Waals surface area contributed by atoms with Crippen LogP contribution >= 0.6 is 11.3 Å². The van der Waals surface area contributed by atoms with Crippen LogP contribution in [0.2, 0.25) is 0 Å². The Bertz CT molecular complexity index is 862. The average Bonchev–Trinajstić information content (AvgIpc) is 3.10. The Labute approximate surface area is 163 Å². The smallest absolute Gasteiger partial charge is 0.213 e. The second-order valence-electron chi connectivity index (χ2n) is 7.19. The van der Waals surface area contributed by atoms with Crippen molar-refractivity contribution in [3.8, 4) is 11.4 Å². The second-order valence-corrected chi connectivity index (χ2v) is 10.4. The molecular formula is C18H25FN4O2S2. The van der Waals surface area contributed by atoms with Crippen LogP contribution in [0, 0.1) is 11.9 Å². The molecule has 0 atom stereocenters. The van der Waals surface area contributed by atoms with Gasteiger partial charge in [-0.2, -0.15) is 4.39 Å². The molecule has 2 aromatic heterocycles. The fourth-order valence-electron chi connectivity index (χ4n) is 3.09. The van der Waals surface area contributed by atoms with Crippen LogP contribution < -0.4 is 10.0 Å². The zero-order valence-corrected chi connectivity index (χ0v) is 17.1. The van der Waals surface area contributed by atoms with Crippen LogP contribution in [0.25, 0.3) is 11.4 Å². The molecule has 1 aliphatic carbocycles. The van der Waals surface area contributed by atoms with Crippen LogP contribution in [-0.2, 0) is 10.0 Å². The molecule has 0 radical (unpaired) electrons. The SMILES string of the molecule is CC(C)S(=O)(=O)NCC1CCC(Nc2nc(-c3cccc(F)n3)cs2)CC1. The first-order valence-corrected chi connectivity index (χ1v) is 11.6. The number of nitrogens with zero attached hydrogens (tertiary/aromatic N) is 2.